The van der Waals surface area contributed by atoms with Crippen LogP contribution in [-0.2, 0) is 10.3 Å². The molecular formula is C17H18O2. The Morgan fingerprint density at radius 2 is 1.58 bits per heavy atom. The zero-order valence-corrected chi connectivity index (χ0v) is 11.5. The van der Waals surface area contributed by atoms with Crippen molar-refractivity contribution in [1.82, 2.24) is 0 Å². The lowest BCUT2D eigenvalue weighted by Gasteiger charge is -2.27. The summed E-state index contributed by atoms with van der Waals surface area (Å²) in [5.41, 5.74) is 1.72. The van der Waals surface area contributed by atoms with E-state index in [0.29, 0.717) is 5.56 Å². The van der Waals surface area contributed by atoms with Crippen LogP contribution in [0.1, 0.15) is 28.4 Å². The first-order chi connectivity index (χ1) is 9.08. The zero-order chi connectivity index (χ0) is 13.9. The molecule has 0 aliphatic rings. The number of ether oxygens (including phenoxy) is 1. The first-order valence-corrected chi connectivity index (χ1v) is 6.30. The number of benzene rings is 2. The average molecular weight is 254 g/mol. The molecule has 2 aromatic rings. The maximum Gasteiger partial charge on any atom is 0.198 e. The summed E-state index contributed by atoms with van der Waals surface area (Å²) in [4.78, 5) is 12.7. The summed E-state index contributed by atoms with van der Waals surface area (Å²) in [6.07, 6.45) is 0. The number of aryl methyl sites for hydroxylation is 1. The predicted octanol–water partition coefficient (Wildman–Crippen LogP) is 3.74. The molecule has 2 heteroatoms. The molecule has 2 nitrogen and oxygen atoms in total. The van der Waals surface area contributed by atoms with Gasteiger partial charge in [-0.3, -0.25) is 4.79 Å². The van der Waals surface area contributed by atoms with Crippen LogP contribution in [0.25, 0.3) is 0 Å². The lowest BCUT2D eigenvalue weighted by atomic mass is 9.87. The largest absolute Gasteiger partial charge is 0.366 e. The quantitative estimate of drug-likeness (QED) is 0.777. The molecule has 0 aliphatic heterocycles. The molecular weight excluding hydrogens is 236 g/mol. The number of carbonyl (C=O) groups is 1. The summed E-state index contributed by atoms with van der Waals surface area (Å²) < 4.78 is 5.52. The van der Waals surface area contributed by atoms with Crippen LogP contribution < -0.4 is 0 Å². The lowest BCUT2D eigenvalue weighted by molar-refractivity contribution is 0.0101. The second-order valence-corrected chi connectivity index (χ2v) is 4.80. The van der Waals surface area contributed by atoms with Crippen molar-refractivity contribution in [3.63, 3.8) is 0 Å². The summed E-state index contributed by atoms with van der Waals surface area (Å²) in [6, 6.07) is 17.1. The molecule has 2 rings (SSSR count). The molecule has 0 N–H and O–H groups in total. The molecule has 1 unspecified atom stereocenters. The first-order valence-electron chi connectivity index (χ1n) is 6.30. The summed E-state index contributed by atoms with van der Waals surface area (Å²) in [6.45, 7) is 3.81. The summed E-state index contributed by atoms with van der Waals surface area (Å²) >= 11 is 0. The number of hydrogen-bond donors (Lipinski definition) is 0. The monoisotopic (exact) mass is 254 g/mol. The van der Waals surface area contributed by atoms with Crippen molar-refractivity contribution >= 4 is 5.78 Å². The molecule has 0 amide bonds. The maximum atomic E-state index is 12.7. The van der Waals surface area contributed by atoms with Crippen molar-refractivity contribution in [1.29, 1.82) is 0 Å². The van der Waals surface area contributed by atoms with Gasteiger partial charge in [0.2, 0.25) is 0 Å². The van der Waals surface area contributed by atoms with E-state index in [1.54, 1.807) is 7.11 Å². The van der Waals surface area contributed by atoms with Gasteiger partial charge < -0.3 is 4.74 Å². The van der Waals surface area contributed by atoms with Gasteiger partial charge in [-0.2, -0.15) is 0 Å². The fraction of sp³-hybridized carbons (Fsp3) is 0.235. The van der Waals surface area contributed by atoms with Gasteiger partial charge in [-0.15, -0.1) is 0 Å². The third-order valence-corrected chi connectivity index (χ3v) is 3.48. The average Bonchev–Trinajstić information content (AvgIpc) is 2.47. The minimum atomic E-state index is -0.948. The molecule has 0 heterocycles. The van der Waals surface area contributed by atoms with Crippen molar-refractivity contribution in [2.45, 2.75) is 19.4 Å². The van der Waals surface area contributed by atoms with Crippen molar-refractivity contribution < 1.29 is 9.53 Å². The maximum absolute atomic E-state index is 12.7. The highest BCUT2D eigenvalue weighted by molar-refractivity contribution is 6.02. The fourth-order valence-corrected chi connectivity index (χ4v) is 2.08. The number of rotatable bonds is 4. The van der Waals surface area contributed by atoms with Crippen LogP contribution in [0.3, 0.4) is 0 Å². The van der Waals surface area contributed by atoms with Crippen LogP contribution in [0.4, 0.5) is 0 Å². The van der Waals surface area contributed by atoms with Crippen LogP contribution in [0.2, 0.25) is 0 Å². The molecule has 19 heavy (non-hydrogen) atoms. The highest BCUT2D eigenvalue weighted by Gasteiger charge is 2.35. The van der Waals surface area contributed by atoms with E-state index in [2.05, 4.69) is 0 Å². The van der Waals surface area contributed by atoms with Crippen LogP contribution >= 0.6 is 0 Å². The van der Waals surface area contributed by atoms with Crippen molar-refractivity contribution in [2.75, 3.05) is 7.11 Å². The van der Waals surface area contributed by atoms with E-state index < -0.39 is 5.60 Å². The van der Waals surface area contributed by atoms with E-state index in [1.165, 1.54) is 0 Å². The second kappa shape index (κ2) is 5.37. The standard InChI is InChI=1S/C17H18O2/c1-13-9-11-14(12-10-13)16(18)17(2,19-3)15-7-5-4-6-8-15/h4-12H,1-3H3. The van der Waals surface area contributed by atoms with Gasteiger partial charge in [-0.1, -0.05) is 60.2 Å². The molecule has 0 saturated heterocycles. The second-order valence-electron chi connectivity index (χ2n) is 4.80. The number of hydrogen-bond acceptors (Lipinski definition) is 2. The number of methoxy groups -OCH3 is 1. The third kappa shape index (κ3) is 2.59. The lowest BCUT2D eigenvalue weighted by Crippen LogP contribution is -2.34. The minimum Gasteiger partial charge on any atom is -0.366 e. The highest BCUT2D eigenvalue weighted by Crippen LogP contribution is 2.28. The Hall–Kier alpha value is -1.93. The van der Waals surface area contributed by atoms with E-state index in [-0.39, 0.29) is 5.78 Å². The van der Waals surface area contributed by atoms with Crippen LogP contribution in [0.5, 0.6) is 0 Å². The fourth-order valence-electron chi connectivity index (χ4n) is 2.08. The smallest absolute Gasteiger partial charge is 0.198 e. The van der Waals surface area contributed by atoms with E-state index in [1.807, 2.05) is 68.4 Å². The molecule has 0 aromatic heterocycles. The molecule has 0 bridgehead atoms. The molecule has 0 saturated carbocycles. The van der Waals surface area contributed by atoms with Crippen LogP contribution in [0.15, 0.2) is 54.6 Å². The molecule has 0 radical (unpaired) electrons. The van der Waals surface area contributed by atoms with Gasteiger partial charge in [0.25, 0.3) is 0 Å². The Labute approximate surface area is 114 Å². The van der Waals surface area contributed by atoms with Gasteiger partial charge in [0.1, 0.15) is 0 Å². The Balaban J connectivity index is 2.41. The Morgan fingerprint density at radius 1 is 1.00 bits per heavy atom. The van der Waals surface area contributed by atoms with Gasteiger partial charge in [-0.25, -0.2) is 0 Å². The zero-order valence-electron chi connectivity index (χ0n) is 11.5. The van der Waals surface area contributed by atoms with Gasteiger partial charge in [0.05, 0.1) is 0 Å². The predicted molar refractivity (Wildman–Crippen MR) is 76.3 cm³/mol. The molecule has 0 aliphatic carbocycles. The summed E-state index contributed by atoms with van der Waals surface area (Å²) in [5.74, 6) is -0.0267. The van der Waals surface area contributed by atoms with Gasteiger partial charge in [0.15, 0.2) is 11.4 Å². The van der Waals surface area contributed by atoms with Crippen LogP contribution in [-0.4, -0.2) is 12.9 Å². The number of carbonyl (C=O) groups excluding carboxylic acids is 1. The summed E-state index contributed by atoms with van der Waals surface area (Å²) in [7, 11) is 1.57. The SMILES string of the molecule is COC(C)(C(=O)c1ccc(C)cc1)c1ccccc1. The van der Waals surface area contributed by atoms with E-state index >= 15 is 0 Å². The minimum absolute atomic E-state index is 0.0267. The Morgan fingerprint density at radius 3 is 2.11 bits per heavy atom. The third-order valence-electron chi connectivity index (χ3n) is 3.48. The Bertz CT molecular complexity index is 558. The molecule has 2 aromatic carbocycles. The first kappa shape index (κ1) is 13.5. The molecule has 1 atom stereocenters. The molecule has 0 fully saturated rings. The molecule has 98 valence electrons. The van der Waals surface area contributed by atoms with E-state index in [4.69, 9.17) is 4.74 Å². The van der Waals surface area contributed by atoms with Gasteiger partial charge in [0, 0.05) is 12.7 Å². The summed E-state index contributed by atoms with van der Waals surface area (Å²) in [5, 5.41) is 0. The van der Waals surface area contributed by atoms with Gasteiger partial charge >= 0.3 is 0 Å². The highest BCUT2D eigenvalue weighted by atomic mass is 16.5. The Kier molecular flexibility index (Phi) is 3.82. The van der Waals surface area contributed by atoms with E-state index in [9.17, 15) is 4.79 Å². The van der Waals surface area contributed by atoms with Crippen LogP contribution in [0, 0.1) is 6.92 Å². The van der Waals surface area contributed by atoms with Crippen molar-refractivity contribution in [3.8, 4) is 0 Å². The van der Waals surface area contributed by atoms with Crippen molar-refractivity contribution in [3.05, 3.63) is 71.3 Å². The number of Topliss-reactive ketones (excluding diaryl/α,β-unsaturated/α-hetero) is 1. The van der Waals surface area contributed by atoms with E-state index in [0.717, 1.165) is 11.1 Å². The normalized spacial score (nSPS) is 13.8. The topological polar surface area (TPSA) is 26.3 Å². The number of ketones is 1. The molecule has 0 spiro atoms. The van der Waals surface area contributed by atoms with Gasteiger partial charge in [-0.05, 0) is 19.4 Å². The van der Waals surface area contributed by atoms with Crippen molar-refractivity contribution in [2.24, 2.45) is 0 Å².